The first-order chi connectivity index (χ1) is 10.7. The number of rotatable bonds is 5. The smallest absolute Gasteiger partial charge is 0.228 e. The van der Waals surface area contributed by atoms with E-state index < -0.39 is 0 Å². The van der Waals surface area contributed by atoms with Crippen LogP contribution in [0.25, 0.3) is 0 Å². The average molecular weight is 293 g/mol. The van der Waals surface area contributed by atoms with Gasteiger partial charge >= 0.3 is 0 Å². The molecular weight excluding hydrogens is 270 g/mol. The van der Waals surface area contributed by atoms with E-state index in [-0.39, 0.29) is 11.8 Å². The molecule has 1 fully saturated rings. The Bertz CT molecular complexity index is 633. The predicted octanol–water partition coefficient (Wildman–Crippen LogP) is 4.94. The fraction of sp³-hybridized carbons (Fsp3) is 0.350. The third kappa shape index (κ3) is 3.22. The minimum atomic E-state index is 0.122. The van der Waals surface area contributed by atoms with Crippen LogP contribution in [-0.2, 0) is 4.79 Å². The molecule has 0 aromatic heterocycles. The van der Waals surface area contributed by atoms with Crippen LogP contribution >= 0.6 is 0 Å². The molecule has 0 heterocycles. The molecule has 2 nitrogen and oxygen atoms in total. The molecule has 1 aliphatic carbocycles. The number of anilines is 1. The van der Waals surface area contributed by atoms with Crippen molar-refractivity contribution in [2.24, 2.45) is 5.92 Å². The molecule has 0 bridgehead atoms. The van der Waals surface area contributed by atoms with Crippen LogP contribution in [-0.4, -0.2) is 5.91 Å². The number of hydrogen-bond acceptors (Lipinski definition) is 1. The van der Waals surface area contributed by atoms with Crippen molar-refractivity contribution in [2.75, 3.05) is 5.32 Å². The standard InChI is InChI=1S/C20H23NO/c1-3-14(2)15-9-11-17(12-10-15)21-20(22)19-13-18(19)16-7-5-4-6-8-16/h4-12,14,18-19H,3,13H2,1-2H3,(H,21,22)/t14-,18-,19+/m1/s1. The van der Waals surface area contributed by atoms with E-state index in [1.807, 2.05) is 30.3 Å². The van der Waals surface area contributed by atoms with Crippen LogP contribution in [0.4, 0.5) is 5.69 Å². The Morgan fingerprint density at radius 2 is 1.82 bits per heavy atom. The van der Waals surface area contributed by atoms with Crippen LogP contribution < -0.4 is 5.32 Å². The van der Waals surface area contributed by atoms with Gasteiger partial charge in [0.25, 0.3) is 0 Å². The Balaban J connectivity index is 1.59. The van der Waals surface area contributed by atoms with E-state index in [4.69, 9.17) is 0 Å². The highest BCUT2D eigenvalue weighted by atomic mass is 16.2. The van der Waals surface area contributed by atoms with Gasteiger partial charge in [-0.05, 0) is 47.9 Å². The molecule has 22 heavy (non-hydrogen) atoms. The molecule has 3 atom stereocenters. The third-order valence-electron chi connectivity index (χ3n) is 4.71. The minimum absolute atomic E-state index is 0.122. The van der Waals surface area contributed by atoms with Crippen LogP contribution in [0, 0.1) is 5.92 Å². The monoisotopic (exact) mass is 293 g/mol. The van der Waals surface area contributed by atoms with Gasteiger partial charge in [0.1, 0.15) is 0 Å². The molecule has 0 unspecified atom stereocenters. The molecule has 0 radical (unpaired) electrons. The Labute approximate surface area is 132 Å². The first-order valence-corrected chi connectivity index (χ1v) is 8.14. The van der Waals surface area contributed by atoms with Gasteiger partial charge in [-0.15, -0.1) is 0 Å². The zero-order valence-corrected chi connectivity index (χ0v) is 13.3. The molecule has 0 aliphatic heterocycles. The highest BCUT2D eigenvalue weighted by molar-refractivity contribution is 5.95. The molecule has 1 N–H and O–H groups in total. The summed E-state index contributed by atoms with van der Waals surface area (Å²) in [5, 5.41) is 3.05. The lowest BCUT2D eigenvalue weighted by atomic mass is 9.98. The summed E-state index contributed by atoms with van der Waals surface area (Å²) >= 11 is 0. The van der Waals surface area contributed by atoms with Crippen LogP contribution in [0.5, 0.6) is 0 Å². The summed E-state index contributed by atoms with van der Waals surface area (Å²) in [5.74, 6) is 1.22. The zero-order valence-electron chi connectivity index (χ0n) is 13.3. The van der Waals surface area contributed by atoms with Gasteiger partial charge < -0.3 is 5.32 Å². The lowest BCUT2D eigenvalue weighted by Gasteiger charge is -2.10. The maximum absolute atomic E-state index is 12.3. The quantitative estimate of drug-likeness (QED) is 0.831. The van der Waals surface area contributed by atoms with Crippen molar-refractivity contribution in [3.8, 4) is 0 Å². The van der Waals surface area contributed by atoms with E-state index in [9.17, 15) is 4.79 Å². The Hall–Kier alpha value is -2.09. The molecule has 0 spiro atoms. The molecule has 114 valence electrons. The Morgan fingerprint density at radius 3 is 2.45 bits per heavy atom. The highest BCUT2D eigenvalue weighted by Gasteiger charge is 2.43. The van der Waals surface area contributed by atoms with Crippen LogP contribution in [0.1, 0.15) is 49.7 Å². The minimum Gasteiger partial charge on any atom is -0.326 e. The second-order valence-electron chi connectivity index (χ2n) is 6.28. The number of carbonyl (C=O) groups excluding carboxylic acids is 1. The van der Waals surface area contributed by atoms with Gasteiger partial charge in [0, 0.05) is 11.6 Å². The number of hydrogen-bond donors (Lipinski definition) is 1. The van der Waals surface area contributed by atoms with E-state index in [1.165, 1.54) is 11.1 Å². The highest BCUT2D eigenvalue weighted by Crippen LogP contribution is 2.47. The van der Waals surface area contributed by atoms with Crippen LogP contribution in [0.15, 0.2) is 54.6 Å². The van der Waals surface area contributed by atoms with Crippen molar-refractivity contribution in [3.05, 3.63) is 65.7 Å². The van der Waals surface area contributed by atoms with Gasteiger partial charge in [-0.3, -0.25) is 4.79 Å². The van der Waals surface area contributed by atoms with Crippen molar-refractivity contribution in [3.63, 3.8) is 0 Å². The van der Waals surface area contributed by atoms with Gasteiger partial charge in [-0.25, -0.2) is 0 Å². The van der Waals surface area contributed by atoms with Gasteiger partial charge in [-0.1, -0.05) is 56.3 Å². The van der Waals surface area contributed by atoms with Gasteiger partial charge in [-0.2, -0.15) is 0 Å². The lowest BCUT2D eigenvalue weighted by molar-refractivity contribution is -0.117. The van der Waals surface area contributed by atoms with Gasteiger partial charge in [0.05, 0.1) is 0 Å². The largest absolute Gasteiger partial charge is 0.326 e. The molecule has 1 aliphatic rings. The van der Waals surface area contributed by atoms with Crippen molar-refractivity contribution in [2.45, 2.75) is 38.5 Å². The first-order valence-electron chi connectivity index (χ1n) is 8.14. The maximum Gasteiger partial charge on any atom is 0.228 e. The summed E-state index contributed by atoms with van der Waals surface area (Å²) in [5.41, 5.74) is 3.50. The Morgan fingerprint density at radius 1 is 1.14 bits per heavy atom. The number of nitrogens with one attached hydrogen (secondary N) is 1. The summed E-state index contributed by atoms with van der Waals surface area (Å²) in [4.78, 5) is 12.3. The molecule has 0 saturated heterocycles. The summed E-state index contributed by atoms with van der Waals surface area (Å²) in [6, 6.07) is 18.6. The van der Waals surface area contributed by atoms with Crippen molar-refractivity contribution in [1.29, 1.82) is 0 Å². The van der Waals surface area contributed by atoms with Crippen LogP contribution in [0.2, 0.25) is 0 Å². The van der Waals surface area contributed by atoms with E-state index in [2.05, 4.69) is 43.4 Å². The fourth-order valence-electron chi connectivity index (χ4n) is 2.92. The molecule has 2 aromatic rings. The second kappa shape index (κ2) is 6.35. The van der Waals surface area contributed by atoms with Crippen molar-refractivity contribution < 1.29 is 4.79 Å². The summed E-state index contributed by atoms with van der Waals surface area (Å²) < 4.78 is 0. The summed E-state index contributed by atoms with van der Waals surface area (Å²) in [7, 11) is 0. The number of carbonyl (C=O) groups is 1. The van der Waals surface area contributed by atoms with E-state index >= 15 is 0 Å². The third-order valence-corrected chi connectivity index (χ3v) is 4.71. The molecule has 1 saturated carbocycles. The van der Waals surface area contributed by atoms with Crippen molar-refractivity contribution >= 4 is 11.6 Å². The molecule has 2 heteroatoms. The topological polar surface area (TPSA) is 29.1 Å². The summed E-state index contributed by atoms with van der Waals surface area (Å²) in [6.45, 7) is 4.42. The zero-order chi connectivity index (χ0) is 15.5. The van der Waals surface area contributed by atoms with E-state index in [0.29, 0.717) is 11.8 Å². The van der Waals surface area contributed by atoms with E-state index in [0.717, 1.165) is 18.5 Å². The molecule has 3 rings (SSSR count). The fourth-order valence-corrected chi connectivity index (χ4v) is 2.92. The average Bonchev–Trinajstić information content (AvgIpc) is 3.36. The predicted molar refractivity (Wildman–Crippen MR) is 91.1 cm³/mol. The van der Waals surface area contributed by atoms with Gasteiger partial charge in [0.15, 0.2) is 0 Å². The van der Waals surface area contributed by atoms with Crippen molar-refractivity contribution in [1.82, 2.24) is 0 Å². The molecule has 1 amide bonds. The molecular formula is C20H23NO. The number of benzene rings is 2. The van der Waals surface area contributed by atoms with Crippen LogP contribution in [0.3, 0.4) is 0 Å². The lowest BCUT2D eigenvalue weighted by Crippen LogP contribution is -2.14. The normalized spacial score (nSPS) is 21.2. The summed E-state index contributed by atoms with van der Waals surface area (Å²) in [6.07, 6.45) is 2.09. The maximum atomic E-state index is 12.3. The number of amides is 1. The first kappa shape index (κ1) is 14.8. The van der Waals surface area contributed by atoms with E-state index in [1.54, 1.807) is 0 Å². The van der Waals surface area contributed by atoms with Gasteiger partial charge in [0.2, 0.25) is 5.91 Å². The SMILES string of the molecule is CC[C@@H](C)c1ccc(NC(=O)[C@H]2C[C@@H]2c2ccccc2)cc1. The molecule has 2 aromatic carbocycles. The second-order valence-corrected chi connectivity index (χ2v) is 6.28. The Kier molecular flexibility index (Phi) is 4.28.